The SMILES string of the molecule is CCCn1c(=O)[nH]c2sc(-c3nnco3)c(C)c2c1=O. The molecule has 3 rings (SSSR count). The molecule has 0 fully saturated rings. The Morgan fingerprint density at radius 1 is 1.45 bits per heavy atom. The Morgan fingerprint density at radius 2 is 2.25 bits per heavy atom. The number of aromatic nitrogens is 4. The molecule has 0 aromatic carbocycles. The second-order valence-corrected chi connectivity index (χ2v) is 5.41. The van der Waals surface area contributed by atoms with Crippen molar-refractivity contribution < 1.29 is 4.42 Å². The minimum Gasteiger partial charge on any atom is -0.423 e. The lowest BCUT2D eigenvalue weighted by Crippen LogP contribution is -2.34. The van der Waals surface area contributed by atoms with E-state index in [4.69, 9.17) is 4.42 Å². The third-order valence-electron chi connectivity index (χ3n) is 3.07. The average molecular weight is 292 g/mol. The Labute approximate surface area is 116 Å². The first kappa shape index (κ1) is 12.8. The molecule has 20 heavy (non-hydrogen) atoms. The van der Waals surface area contributed by atoms with E-state index in [-0.39, 0.29) is 11.2 Å². The molecule has 104 valence electrons. The summed E-state index contributed by atoms with van der Waals surface area (Å²) in [5.74, 6) is 0.353. The van der Waals surface area contributed by atoms with Gasteiger partial charge in [0, 0.05) is 6.54 Å². The number of rotatable bonds is 3. The Morgan fingerprint density at radius 3 is 2.90 bits per heavy atom. The van der Waals surface area contributed by atoms with Crippen molar-refractivity contribution in [2.24, 2.45) is 0 Å². The molecule has 1 N–H and O–H groups in total. The van der Waals surface area contributed by atoms with E-state index in [9.17, 15) is 9.59 Å². The molecule has 3 aromatic heterocycles. The van der Waals surface area contributed by atoms with Crippen molar-refractivity contribution in [3.63, 3.8) is 0 Å². The van der Waals surface area contributed by atoms with Gasteiger partial charge in [0.25, 0.3) is 11.4 Å². The van der Waals surface area contributed by atoms with E-state index in [2.05, 4.69) is 15.2 Å². The van der Waals surface area contributed by atoms with Gasteiger partial charge in [-0.25, -0.2) is 4.79 Å². The summed E-state index contributed by atoms with van der Waals surface area (Å²) in [4.78, 5) is 28.3. The molecule has 0 aliphatic carbocycles. The maximum Gasteiger partial charge on any atom is 0.329 e. The van der Waals surface area contributed by atoms with Crippen LogP contribution in [0.25, 0.3) is 21.0 Å². The molecule has 7 nitrogen and oxygen atoms in total. The molecular weight excluding hydrogens is 280 g/mol. The number of aryl methyl sites for hydroxylation is 1. The van der Waals surface area contributed by atoms with E-state index >= 15 is 0 Å². The quantitative estimate of drug-likeness (QED) is 0.790. The van der Waals surface area contributed by atoms with Crippen LogP contribution in [0.1, 0.15) is 18.9 Å². The number of hydrogen-bond acceptors (Lipinski definition) is 6. The number of thiophene rings is 1. The summed E-state index contributed by atoms with van der Waals surface area (Å²) in [6, 6.07) is 0. The average Bonchev–Trinajstić information content (AvgIpc) is 3.02. The molecule has 0 aliphatic rings. The first-order valence-corrected chi connectivity index (χ1v) is 6.98. The van der Waals surface area contributed by atoms with Crippen molar-refractivity contribution in [2.75, 3.05) is 0 Å². The summed E-state index contributed by atoms with van der Waals surface area (Å²) < 4.78 is 6.39. The van der Waals surface area contributed by atoms with Gasteiger partial charge in [-0.1, -0.05) is 6.92 Å². The van der Waals surface area contributed by atoms with Crippen LogP contribution in [0.5, 0.6) is 0 Å². The second kappa shape index (κ2) is 4.71. The minimum absolute atomic E-state index is 0.273. The lowest BCUT2D eigenvalue weighted by Gasteiger charge is -2.02. The van der Waals surface area contributed by atoms with Crippen molar-refractivity contribution in [2.45, 2.75) is 26.8 Å². The molecule has 0 spiro atoms. The van der Waals surface area contributed by atoms with E-state index in [1.807, 2.05) is 13.8 Å². The highest BCUT2D eigenvalue weighted by atomic mass is 32.1. The predicted molar refractivity (Wildman–Crippen MR) is 75.0 cm³/mol. The molecule has 3 heterocycles. The topological polar surface area (TPSA) is 93.8 Å². The standard InChI is InChI=1S/C12H12N4O3S/c1-3-4-16-11(17)7-6(2)8(9-15-13-5-19-9)20-10(7)14-12(16)18/h5H,3-4H2,1-2H3,(H,14,18). The van der Waals surface area contributed by atoms with Gasteiger partial charge in [0.05, 0.1) is 10.3 Å². The van der Waals surface area contributed by atoms with Crippen LogP contribution in [0.2, 0.25) is 0 Å². The minimum atomic E-state index is -0.386. The summed E-state index contributed by atoms with van der Waals surface area (Å²) in [5, 5.41) is 7.99. The Bertz CT molecular complexity index is 873. The van der Waals surface area contributed by atoms with Crippen LogP contribution in [0.15, 0.2) is 20.4 Å². The van der Waals surface area contributed by atoms with Gasteiger partial charge in [0.15, 0.2) is 0 Å². The highest BCUT2D eigenvalue weighted by Gasteiger charge is 2.19. The summed E-state index contributed by atoms with van der Waals surface area (Å²) in [6.45, 7) is 4.13. The van der Waals surface area contributed by atoms with Gasteiger partial charge in [0.2, 0.25) is 6.39 Å². The summed E-state index contributed by atoms with van der Waals surface area (Å²) >= 11 is 1.27. The van der Waals surface area contributed by atoms with Crippen molar-refractivity contribution in [3.05, 3.63) is 32.8 Å². The molecule has 0 radical (unpaired) electrons. The zero-order valence-electron chi connectivity index (χ0n) is 11.0. The lowest BCUT2D eigenvalue weighted by molar-refractivity contribution is 0.570. The Balaban J connectivity index is 2.36. The summed E-state index contributed by atoms with van der Waals surface area (Å²) in [6.07, 6.45) is 1.95. The summed E-state index contributed by atoms with van der Waals surface area (Å²) in [7, 11) is 0. The predicted octanol–water partition coefficient (Wildman–Crippen LogP) is 1.52. The van der Waals surface area contributed by atoms with Crippen LogP contribution in [0.3, 0.4) is 0 Å². The molecule has 0 saturated heterocycles. The van der Waals surface area contributed by atoms with Gasteiger partial charge in [0.1, 0.15) is 4.83 Å². The van der Waals surface area contributed by atoms with Gasteiger partial charge in [-0.15, -0.1) is 21.5 Å². The van der Waals surface area contributed by atoms with Crippen molar-refractivity contribution >= 4 is 21.6 Å². The van der Waals surface area contributed by atoms with Crippen LogP contribution in [0, 0.1) is 6.92 Å². The summed E-state index contributed by atoms with van der Waals surface area (Å²) in [5.41, 5.74) is 0.0909. The normalized spacial score (nSPS) is 11.3. The van der Waals surface area contributed by atoms with Crippen LogP contribution >= 0.6 is 11.3 Å². The Hall–Kier alpha value is -2.22. The number of H-pyrrole nitrogens is 1. The van der Waals surface area contributed by atoms with Crippen LogP contribution < -0.4 is 11.2 Å². The van der Waals surface area contributed by atoms with Crippen LogP contribution in [0.4, 0.5) is 0 Å². The van der Waals surface area contributed by atoms with E-state index in [1.165, 1.54) is 22.3 Å². The van der Waals surface area contributed by atoms with E-state index < -0.39 is 0 Å². The van der Waals surface area contributed by atoms with Gasteiger partial charge in [-0.05, 0) is 18.9 Å². The van der Waals surface area contributed by atoms with Crippen LogP contribution in [-0.2, 0) is 6.54 Å². The monoisotopic (exact) mass is 292 g/mol. The molecular formula is C12H12N4O3S. The maximum atomic E-state index is 12.4. The van der Waals surface area contributed by atoms with E-state index in [0.717, 1.165) is 5.56 Å². The fraction of sp³-hybridized carbons (Fsp3) is 0.333. The fourth-order valence-corrected chi connectivity index (χ4v) is 3.27. The molecule has 8 heteroatoms. The number of fused-ring (bicyclic) bond motifs is 1. The van der Waals surface area contributed by atoms with Gasteiger partial charge >= 0.3 is 5.69 Å². The number of aromatic amines is 1. The zero-order valence-corrected chi connectivity index (χ0v) is 11.8. The van der Waals surface area contributed by atoms with E-state index in [1.54, 1.807) is 0 Å². The number of hydrogen-bond donors (Lipinski definition) is 1. The molecule has 0 amide bonds. The Kier molecular flexibility index (Phi) is 3.01. The first-order chi connectivity index (χ1) is 9.63. The third-order valence-corrected chi connectivity index (χ3v) is 4.27. The molecule has 0 atom stereocenters. The smallest absolute Gasteiger partial charge is 0.329 e. The second-order valence-electron chi connectivity index (χ2n) is 4.39. The van der Waals surface area contributed by atoms with Gasteiger partial charge in [-0.3, -0.25) is 14.3 Å². The third kappa shape index (κ3) is 1.80. The van der Waals surface area contributed by atoms with Gasteiger partial charge < -0.3 is 4.42 Å². The first-order valence-electron chi connectivity index (χ1n) is 6.16. The van der Waals surface area contributed by atoms with Crippen molar-refractivity contribution in [1.82, 2.24) is 19.7 Å². The molecule has 0 aliphatic heterocycles. The van der Waals surface area contributed by atoms with E-state index in [0.29, 0.717) is 34.0 Å². The number of nitrogens with one attached hydrogen (secondary N) is 1. The molecule has 0 unspecified atom stereocenters. The van der Waals surface area contributed by atoms with Crippen molar-refractivity contribution in [3.8, 4) is 10.8 Å². The molecule has 0 bridgehead atoms. The maximum absolute atomic E-state index is 12.4. The largest absolute Gasteiger partial charge is 0.423 e. The van der Waals surface area contributed by atoms with Crippen LogP contribution in [-0.4, -0.2) is 19.7 Å². The number of nitrogens with zero attached hydrogens (tertiary/aromatic N) is 3. The highest BCUT2D eigenvalue weighted by Crippen LogP contribution is 2.33. The fourth-order valence-electron chi connectivity index (χ4n) is 2.15. The van der Waals surface area contributed by atoms with Crippen molar-refractivity contribution in [1.29, 1.82) is 0 Å². The zero-order chi connectivity index (χ0) is 14.3. The highest BCUT2D eigenvalue weighted by molar-refractivity contribution is 7.22. The molecule has 0 saturated carbocycles. The lowest BCUT2D eigenvalue weighted by atomic mass is 10.2. The van der Waals surface area contributed by atoms with Gasteiger partial charge in [-0.2, -0.15) is 0 Å². The molecule has 3 aromatic rings.